The average molecular weight is 342 g/mol. The molecule has 7 heteroatoms. The second-order valence-corrected chi connectivity index (χ2v) is 6.36. The number of hydrogen-bond acceptors (Lipinski definition) is 5. The van der Waals surface area contributed by atoms with Crippen molar-refractivity contribution in [3.05, 3.63) is 53.3 Å². The van der Waals surface area contributed by atoms with E-state index in [-0.39, 0.29) is 11.9 Å². The van der Waals surface area contributed by atoms with Gasteiger partial charge in [0.05, 0.1) is 24.8 Å². The first-order chi connectivity index (χ1) is 12.3. The van der Waals surface area contributed by atoms with Gasteiger partial charge in [0.1, 0.15) is 0 Å². The molecule has 0 aliphatic carbocycles. The first kappa shape index (κ1) is 16.1. The number of rotatable bonds is 6. The number of morpholine rings is 1. The predicted octanol–water partition coefficient (Wildman–Crippen LogP) is 1.58. The minimum atomic E-state index is -0.278. The van der Waals surface area contributed by atoms with Crippen LogP contribution in [0.25, 0.3) is 11.1 Å². The largest absolute Gasteiger partial charge is 0.419 e. The van der Waals surface area contributed by atoms with E-state index in [1.54, 1.807) is 10.8 Å². The van der Waals surface area contributed by atoms with Crippen LogP contribution in [-0.4, -0.2) is 51.6 Å². The van der Waals surface area contributed by atoms with Gasteiger partial charge in [0.2, 0.25) is 0 Å². The molecule has 7 nitrogen and oxygen atoms in total. The van der Waals surface area contributed by atoms with Crippen molar-refractivity contribution in [1.82, 2.24) is 19.2 Å². The molecule has 132 valence electrons. The van der Waals surface area contributed by atoms with Gasteiger partial charge in [-0.3, -0.25) is 14.1 Å². The van der Waals surface area contributed by atoms with Crippen molar-refractivity contribution in [3.8, 4) is 0 Å². The Labute approximate surface area is 145 Å². The zero-order chi connectivity index (χ0) is 17.1. The lowest BCUT2D eigenvalue weighted by Gasteiger charge is -2.32. The van der Waals surface area contributed by atoms with Gasteiger partial charge in [-0.2, -0.15) is 5.10 Å². The molecule has 0 N–H and O–H groups in total. The van der Waals surface area contributed by atoms with Crippen molar-refractivity contribution in [1.29, 1.82) is 0 Å². The third-order valence-electron chi connectivity index (χ3n) is 4.60. The first-order valence-corrected chi connectivity index (χ1v) is 8.69. The minimum Gasteiger partial charge on any atom is -0.408 e. The van der Waals surface area contributed by atoms with Crippen LogP contribution in [0.4, 0.5) is 0 Å². The van der Waals surface area contributed by atoms with E-state index in [1.165, 1.54) is 0 Å². The summed E-state index contributed by atoms with van der Waals surface area (Å²) in [5.41, 5.74) is 1.52. The van der Waals surface area contributed by atoms with Gasteiger partial charge in [0.25, 0.3) is 0 Å². The molecule has 4 rings (SSSR count). The van der Waals surface area contributed by atoms with Crippen LogP contribution in [0, 0.1) is 0 Å². The van der Waals surface area contributed by atoms with Crippen LogP contribution in [0.2, 0.25) is 0 Å². The maximum absolute atomic E-state index is 12.0. The molecular weight excluding hydrogens is 320 g/mol. The molecule has 3 aromatic rings. The standard InChI is InChI=1S/C18H22N4O3/c23-18-22(16-5-1-2-6-17(16)25-18)10-4-8-20-11-12-24-15(13-20)14-21-9-3-7-19-21/h1-3,5-7,9,15H,4,8,10-14H2. The van der Waals surface area contributed by atoms with Crippen LogP contribution < -0.4 is 5.76 Å². The molecule has 1 fully saturated rings. The highest BCUT2D eigenvalue weighted by atomic mass is 16.5. The molecule has 25 heavy (non-hydrogen) atoms. The minimum absolute atomic E-state index is 0.158. The van der Waals surface area contributed by atoms with Crippen LogP contribution in [0.5, 0.6) is 0 Å². The summed E-state index contributed by atoms with van der Waals surface area (Å²) in [7, 11) is 0. The van der Waals surface area contributed by atoms with Crippen LogP contribution in [0.15, 0.2) is 51.9 Å². The molecule has 0 bridgehead atoms. The van der Waals surface area contributed by atoms with Crippen LogP contribution in [0.3, 0.4) is 0 Å². The molecule has 3 heterocycles. The maximum atomic E-state index is 12.0. The van der Waals surface area contributed by atoms with Crippen LogP contribution >= 0.6 is 0 Å². The van der Waals surface area contributed by atoms with Crippen molar-refractivity contribution in [2.75, 3.05) is 26.2 Å². The number of ether oxygens (including phenoxy) is 1. The summed E-state index contributed by atoms with van der Waals surface area (Å²) in [5, 5.41) is 4.24. The van der Waals surface area contributed by atoms with Gasteiger partial charge < -0.3 is 9.15 Å². The van der Waals surface area contributed by atoms with E-state index in [2.05, 4.69) is 10.00 Å². The molecule has 1 aliphatic rings. The Bertz CT molecular complexity index is 868. The van der Waals surface area contributed by atoms with Crippen molar-refractivity contribution in [2.45, 2.75) is 25.6 Å². The molecule has 2 aromatic heterocycles. The van der Waals surface area contributed by atoms with Crippen molar-refractivity contribution < 1.29 is 9.15 Å². The lowest BCUT2D eigenvalue weighted by molar-refractivity contribution is -0.0379. The van der Waals surface area contributed by atoms with E-state index in [0.29, 0.717) is 12.1 Å². The fourth-order valence-corrected chi connectivity index (χ4v) is 3.39. The summed E-state index contributed by atoms with van der Waals surface area (Å²) >= 11 is 0. The van der Waals surface area contributed by atoms with E-state index in [9.17, 15) is 4.79 Å². The molecule has 1 atom stereocenters. The van der Waals surface area contributed by atoms with Gasteiger partial charge in [-0.25, -0.2) is 4.79 Å². The number of aryl methyl sites for hydroxylation is 1. The molecule has 0 amide bonds. The molecule has 0 spiro atoms. The predicted molar refractivity (Wildman–Crippen MR) is 93.5 cm³/mol. The number of benzene rings is 1. The Hall–Kier alpha value is -2.38. The molecule has 0 saturated carbocycles. The van der Waals surface area contributed by atoms with Gasteiger partial charge in [-0.05, 0) is 24.6 Å². The highest BCUT2D eigenvalue weighted by Crippen LogP contribution is 2.13. The Kier molecular flexibility index (Phi) is 4.67. The zero-order valence-electron chi connectivity index (χ0n) is 14.1. The lowest BCUT2D eigenvalue weighted by atomic mass is 10.2. The summed E-state index contributed by atoms with van der Waals surface area (Å²) in [4.78, 5) is 14.4. The Balaban J connectivity index is 1.32. The highest BCUT2D eigenvalue weighted by Gasteiger charge is 2.20. The van der Waals surface area contributed by atoms with E-state index < -0.39 is 0 Å². The van der Waals surface area contributed by atoms with E-state index in [0.717, 1.165) is 44.7 Å². The Morgan fingerprint density at radius 3 is 3.00 bits per heavy atom. The van der Waals surface area contributed by atoms with E-state index in [4.69, 9.17) is 9.15 Å². The number of aromatic nitrogens is 3. The summed E-state index contributed by atoms with van der Waals surface area (Å²) < 4.78 is 14.7. The number of oxazole rings is 1. The molecule has 1 aliphatic heterocycles. The van der Waals surface area contributed by atoms with Gasteiger partial charge in [0, 0.05) is 38.6 Å². The number of nitrogens with zero attached hydrogens (tertiary/aromatic N) is 4. The Morgan fingerprint density at radius 1 is 1.20 bits per heavy atom. The molecule has 1 unspecified atom stereocenters. The Morgan fingerprint density at radius 2 is 2.12 bits per heavy atom. The third-order valence-corrected chi connectivity index (χ3v) is 4.60. The van der Waals surface area contributed by atoms with Crippen molar-refractivity contribution in [2.24, 2.45) is 0 Å². The van der Waals surface area contributed by atoms with Crippen molar-refractivity contribution >= 4 is 11.1 Å². The number of fused-ring (bicyclic) bond motifs is 1. The summed E-state index contributed by atoms with van der Waals surface area (Å²) in [5.74, 6) is -0.278. The van der Waals surface area contributed by atoms with Gasteiger partial charge >= 0.3 is 5.76 Å². The van der Waals surface area contributed by atoms with Gasteiger partial charge in [-0.15, -0.1) is 0 Å². The maximum Gasteiger partial charge on any atom is 0.419 e. The highest BCUT2D eigenvalue weighted by molar-refractivity contribution is 5.72. The van der Waals surface area contributed by atoms with E-state index in [1.807, 2.05) is 41.2 Å². The zero-order valence-corrected chi connectivity index (χ0v) is 14.1. The first-order valence-electron chi connectivity index (χ1n) is 8.69. The summed E-state index contributed by atoms with van der Waals surface area (Å²) in [6.45, 7) is 4.93. The second-order valence-electron chi connectivity index (χ2n) is 6.36. The summed E-state index contributed by atoms with van der Waals surface area (Å²) in [6, 6.07) is 9.48. The number of hydrogen-bond donors (Lipinski definition) is 0. The SMILES string of the molecule is O=c1oc2ccccc2n1CCCN1CCOC(Cn2cccn2)C1. The summed E-state index contributed by atoms with van der Waals surface area (Å²) in [6.07, 6.45) is 4.80. The molecule has 0 radical (unpaired) electrons. The fourth-order valence-electron chi connectivity index (χ4n) is 3.39. The second kappa shape index (κ2) is 7.25. The monoisotopic (exact) mass is 342 g/mol. The lowest BCUT2D eigenvalue weighted by Crippen LogP contribution is -2.44. The fraction of sp³-hybridized carbons (Fsp3) is 0.444. The smallest absolute Gasteiger partial charge is 0.408 e. The third kappa shape index (κ3) is 3.67. The van der Waals surface area contributed by atoms with Gasteiger partial charge in [0.15, 0.2) is 5.58 Å². The molecule has 1 aromatic carbocycles. The topological polar surface area (TPSA) is 65.4 Å². The normalized spacial score (nSPS) is 18.8. The van der Waals surface area contributed by atoms with E-state index >= 15 is 0 Å². The number of para-hydroxylation sites is 2. The molecular formula is C18H22N4O3. The van der Waals surface area contributed by atoms with Crippen LogP contribution in [0.1, 0.15) is 6.42 Å². The quantitative estimate of drug-likeness (QED) is 0.680. The van der Waals surface area contributed by atoms with Gasteiger partial charge in [-0.1, -0.05) is 12.1 Å². The van der Waals surface area contributed by atoms with Crippen molar-refractivity contribution in [3.63, 3.8) is 0 Å². The average Bonchev–Trinajstić information content (AvgIpc) is 3.23. The van der Waals surface area contributed by atoms with Crippen LogP contribution in [-0.2, 0) is 17.8 Å². The molecule has 1 saturated heterocycles.